The van der Waals surface area contributed by atoms with Gasteiger partial charge in [0.05, 0.1) is 16.3 Å². The number of aromatic nitrogens is 1. The van der Waals surface area contributed by atoms with E-state index in [1.807, 2.05) is 42.6 Å². The first-order valence-corrected chi connectivity index (χ1v) is 12.0. The van der Waals surface area contributed by atoms with Crippen LogP contribution in [0.15, 0.2) is 77.0 Å². The van der Waals surface area contributed by atoms with Crippen LogP contribution < -0.4 is 5.32 Å². The van der Waals surface area contributed by atoms with Gasteiger partial charge in [0, 0.05) is 17.4 Å². The van der Waals surface area contributed by atoms with Crippen molar-refractivity contribution in [1.82, 2.24) is 4.98 Å². The Morgan fingerprint density at radius 2 is 1.73 bits per heavy atom. The number of amides is 1. The molecular weight excluding hydrogens is 416 g/mol. The number of anilines is 1. The van der Waals surface area contributed by atoms with E-state index >= 15 is 0 Å². The van der Waals surface area contributed by atoms with Crippen LogP contribution in [0.4, 0.5) is 5.13 Å². The number of hydrogen-bond acceptors (Lipinski definition) is 5. The van der Waals surface area contributed by atoms with Gasteiger partial charge in [0.2, 0.25) is 5.91 Å². The average Bonchev–Trinajstić information content (AvgIpc) is 3.21. The molecule has 152 valence electrons. The van der Waals surface area contributed by atoms with E-state index in [0.29, 0.717) is 5.13 Å². The number of nitrogens with zero attached hydrogens (tertiary/aromatic N) is 1. The quantitative estimate of drug-likeness (QED) is 0.458. The van der Waals surface area contributed by atoms with E-state index in [9.17, 15) is 13.2 Å². The molecule has 0 fully saturated rings. The van der Waals surface area contributed by atoms with E-state index in [-0.39, 0.29) is 23.0 Å². The van der Waals surface area contributed by atoms with Crippen LogP contribution in [0.25, 0.3) is 22.0 Å². The van der Waals surface area contributed by atoms with Gasteiger partial charge in [-0.2, -0.15) is 0 Å². The largest absolute Gasteiger partial charge is 0.302 e. The number of hydrogen-bond donors (Lipinski definition) is 1. The van der Waals surface area contributed by atoms with Gasteiger partial charge >= 0.3 is 0 Å². The Bertz CT molecular complexity index is 1310. The number of carbonyl (C=O) groups excluding carboxylic acids is 1. The zero-order valence-corrected chi connectivity index (χ0v) is 18.0. The Morgan fingerprint density at radius 1 is 1.00 bits per heavy atom. The van der Waals surface area contributed by atoms with Crippen LogP contribution in [0.3, 0.4) is 0 Å². The molecule has 3 aromatic carbocycles. The van der Waals surface area contributed by atoms with Crippen LogP contribution in [0, 0.1) is 6.92 Å². The van der Waals surface area contributed by atoms with Crippen molar-refractivity contribution in [2.24, 2.45) is 0 Å². The molecule has 0 aliphatic rings. The fourth-order valence-electron chi connectivity index (χ4n) is 3.08. The number of benzene rings is 3. The molecule has 1 heterocycles. The van der Waals surface area contributed by atoms with Crippen LogP contribution >= 0.6 is 11.3 Å². The maximum atomic E-state index is 12.4. The summed E-state index contributed by atoms with van der Waals surface area (Å²) in [6.07, 6.45) is -0.124. The molecule has 0 aliphatic heterocycles. The van der Waals surface area contributed by atoms with Crippen LogP contribution in [0.5, 0.6) is 0 Å². The highest BCUT2D eigenvalue weighted by molar-refractivity contribution is 7.91. The minimum Gasteiger partial charge on any atom is -0.302 e. The first kappa shape index (κ1) is 20.3. The Kier molecular flexibility index (Phi) is 5.65. The maximum Gasteiger partial charge on any atom is 0.227 e. The standard InChI is InChI=1S/C23H20N2O3S2/c1-16-6-10-20(11-7-16)30(27,28)13-12-22(26)25-23-24-21(15-29-23)19-9-8-17-4-2-3-5-18(17)14-19/h2-11,14-15H,12-13H2,1H3,(H,24,25,26). The molecular formula is C23H20N2O3S2. The highest BCUT2D eigenvalue weighted by Crippen LogP contribution is 2.28. The molecule has 5 nitrogen and oxygen atoms in total. The van der Waals surface area contributed by atoms with Gasteiger partial charge < -0.3 is 5.32 Å². The topological polar surface area (TPSA) is 76.1 Å². The third-order valence-electron chi connectivity index (χ3n) is 4.77. The normalized spacial score (nSPS) is 11.5. The number of nitrogens with one attached hydrogen (secondary N) is 1. The lowest BCUT2D eigenvalue weighted by molar-refractivity contribution is -0.115. The summed E-state index contributed by atoms with van der Waals surface area (Å²) in [4.78, 5) is 17.0. The molecule has 0 atom stereocenters. The predicted molar refractivity (Wildman–Crippen MR) is 122 cm³/mol. The fourth-order valence-corrected chi connectivity index (χ4v) is 5.06. The molecule has 7 heteroatoms. The van der Waals surface area contributed by atoms with Crippen molar-refractivity contribution in [2.45, 2.75) is 18.2 Å². The van der Waals surface area contributed by atoms with Crippen molar-refractivity contribution in [3.8, 4) is 11.3 Å². The van der Waals surface area contributed by atoms with Crippen LogP contribution in [-0.2, 0) is 14.6 Å². The lowest BCUT2D eigenvalue weighted by Crippen LogP contribution is -2.17. The van der Waals surface area contributed by atoms with Gasteiger partial charge in [-0.1, -0.05) is 54.1 Å². The van der Waals surface area contributed by atoms with Gasteiger partial charge in [-0.25, -0.2) is 13.4 Å². The summed E-state index contributed by atoms with van der Waals surface area (Å²) in [5, 5.41) is 7.31. The third kappa shape index (κ3) is 4.58. The Morgan fingerprint density at radius 3 is 2.50 bits per heavy atom. The van der Waals surface area contributed by atoms with Gasteiger partial charge in [0.25, 0.3) is 0 Å². The maximum absolute atomic E-state index is 12.4. The zero-order valence-electron chi connectivity index (χ0n) is 16.3. The number of sulfone groups is 1. The number of rotatable bonds is 6. The SMILES string of the molecule is Cc1ccc(S(=O)(=O)CCC(=O)Nc2nc(-c3ccc4ccccc4c3)cs2)cc1. The number of fused-ring (bicyclic) bond motifs is 1. The molecule has 0 radical (unpaired) electrons. The molecule has 4 rings (SSSR count). The summed E-state index contributed by atoms with van der Waals surface area (Å²) < 4.78 is 24.8. The van der Waals surface area contributed by atoms with E-state index in [1.165, 1.54) is 11.3 Å². The van der Waals surface area contributed by atoms with Crippen LogP contribution in [0.2, 0.25) is 0 Å². The molecule has 30 heavy (non-hydrogen) atoms. The number of carbonyl (C=O) groups is 1. The Hall–Kier alpha value is -3.03. The van der Waals surface area contributed by atoms with Crippen molar-refractivity contribution >= 4 is 43.0 Å². The molecule has 0 saturated heterocycles. The highest BCUT2D eigenvalue weighted by Gasteiger charge is 2.17. The van der Waals surface area contributed by atoms with Crippen molar-refractivity contribution in [1.29, 1.82) is 0 Å². The first-order valence-electron chi connectivity index (χ1n) is 9.45. The van der Waals surface area contributed by atoms with E-state index in [0.717, 1.165) is 27.6 Å². The summed E-state index contributed by atoms with van der Waals surface area (Å²) >= 11 is 1.32. The molecule has 0 spiro atoms. The zero-order chi connectivity index (χ0) is 21.1. The van der Waals surface area contributed by atoms with E-state index in [1.54, 1.807) is 24.3 Å². The molecule has 0 bridgehead atoms. The summed E-state index contributed by atoms with van der Waals surface area (Å²) in [7, 11) is -3.50. The molecule has 4 aromatic rings. The van der Waals surface area contributed by atoms with Gasteiger partial charge in [-0.3, -0.25) is 4.79 Å². The van der Waals surface area contributed by atoms with Crippen molar-refractivity contribution in [3.63, 3.8) is 0 Å². The van der Waals surface area contributed by atoms with Crippen molar-refractivity contribution in [2.75, 3.05) is 11.1 Å². The monoisotopic (exact) mass is 436 g/mol. The molecule has 0 aliphatic carbocycles. The van der Waals surface area contributed by atoms with E-state index in [4.69, 9.17) is 0 Å². The molecule has 1 N–H and O–H groups in total. The van der Waals surface area contributed by atoms with Gasteiger partial charge in [0.15, 0.2) is 15.0 Å². The second kappa shape index (κ2) is 8.38. The third-order valence-corrected chi connectivity index (χ3v) is 7.26. The van der Waals surface area contributed by atoms with Crippen molar-refractivity contribution in [3.05, 3.63) is 77.7 Å². The highest BCUT2D eigenvalue weighted by atomic mass is 32.2. The van der Waals surface area contributed by atoms with Crippen molar-refractivity contribution < 1.29 is 13.2 Å². The molecule has 0 saturated carbocycles. The summed E-state index contributed by atoms with van der Waals surface area (Å²) in [5.41, 5.74) is 2.72. The predicted octanol–water partition coefficient (Wildman–Crippen LogP) is 5.07. The number of thiazole rings is 1. The Balaban J connectivity index is 1.40. The molecule has 0 unspecified atom stereocenters. The average molecular weight is 437 g/mol. The van der Waals surface area contributed by atoms with Gasteiger partial charge in [-0.05, 0) is 35.9 Å². The summed E-state index contributed by atoms with van der Waals surface area (Å²) in [6.45, 7) is 1.89. The molecule has 1 amide bonds. The summed E-state index contributed by atoms with van der Waals surface area (Å²) in [6, 6.07) is 20.8. The van der Waals surface area contributed by atoms with Crippen LogP contribution in [-0.4, -0.2) is 25.1 Å². The van der Waals surface area contributed by atoms with E-state index in [2.05, 4.69) is 22.4 Å². The Labute approximate surface area is 179 Å². The minimum absolute atomic E-state index is 0.124. The summed E-state index contributed by atoms with van der Waals surface area (Å²) in [5.74, 6) is -0.616. The lowest BCUT2D eigenvalue weighted by Gasteiger charge is -2.05. The van der Waals surface area contributed by atoms with Gasteiger partial charge in [-0.15, -0.1) is 11.3 Å². The smallest absolute Gasteiger partial charge is 0.227 e. The molecule has 1 aromatic heterocycles. The van der Waals surface area contributed by atoms with E-state index < -0.39 is 9.84 Å². The fraction of sp³-hybridized carbons (Fsp3) is 0.130. The first-order chi connectivity index (χ1) is 14.4. The van der Waals surface area contributed by atoms with Gasteiger partial charge in [0.1, 0.15) is 0 Å². The minimum atomic E-state index is -3.50. The number of aryl methyl sites for hydroxylation is 1. The van der Waals surface area contributed by atoms with Crippen LogP contribution in [0.1, 0.15) is 12.0 Å². The second-order valence-corrected chi connectivity index (χ2v) is 10.00. The lowest BCUT2D eigenvalue weighted by atomic mass is 10.1. The second-order valence-electron chi connectivity index (χ2n) is 7.03.